The van der Waals surface area contributed by atoms with Crippen molar-refractivity contribution in [2.75, 3.05) is 12.4 Å². The normalized spacial score (nSPS) is 11.7. The van der Waals surface area contributed by atoms with Gasteiger partial charge in [-0.3, -0.25) is 9.78 Å². The van der Waals surface area contributed by atoms with Crippen molar-refractivity contribution in [1.29, 1.82) is 0 Å². The molecule has 0 radical (unpaired) electrons. The van der Waals surface area contributed by atoms with Crippen molar-refractivity contribution in [1.82, 2.24) is 10.3 Å². The highest BCUT2D eigenvalue weighted by molar-refractivity contribution is 6.35. The minimum atomic E-state index is -0.678. The molecule has 20 heavy (non-hydrogen) atoms. The number of hydrogen-bond acceptors (Lipinski definition) is 3. The van der Waals surface area contributed by atoms with Gasteiger partial charge in [0, 0.05) is 11.6 Å². The van der Waals surface area contributed by atoms with Crippen molar-refractivity contribution in [2.24, 2.45) is 0 Å². The molecule has 1 amide bonds. The van der Waals surface area contributed by atoms with E-state index in [4.69, 9.17) is 11.6 Å². The monoisotopic (exact) mass is 291 g/mol. The average molecular weight is 292 g/mol. The van der Waals surface area contributed by atoms with Gasteiger partial charge in [-0.1, -0.05) is 11.6 Å². The standard InChI is InChI=1S/C15H18ClN3O/c1-9-8-11(16)13(10-6-5-7-18-12(9)10)19-14(20)15(2,3)17-4/h5-8,17H,1-4H3,(H,19,20). The van der Waals surface area contributed by atoms with E-state index in [0.717, 1.165) is 16.5 Å². The minimum absolute atomic E-state index is 0.143. The number of carbonyl (C=O) groups excluding carboxylic acids is 1. The molecule has 2 rings (SSSR count). The van der Waals surface area contributed by atoms with Crippen LogP contribution in [-0.2, 0) is 4.79 Å². The third kappa shape index (κ3) is 2.62. The highest BCUT2D eigenvalue weighted by Gasteiger charge is 2.26. The van der Waals surface area contributed by atoms with Crippen molar-refractivity contribution in [3.8, 4) is 0 Å². The van der Waals surface area contributed by atoms with E-state index in [9.17, 15) is 4.79 Å². The Kier molecular flexibility index (Phi) is 3.97. The first-order valence-corrected chi connectivity index (χ1v) is 6.79. The van der Waals surface area contributed by atoms with Crippen molar-refractivity contribution >= 4 is 34.1 Å². The fraction of sp³-hybridized carbons (Fsp3) is 0.333. The Labute approximate surface area is 123 Å². The molecule has 0 saturated carbocycles. The van der Waals surface area contributed by atoms with Crippen molar-refractivity contribution in [2.45, 2.75) is 26.3 Å². The van der Waals surface area contributed by atoms with Crippen LogP contribution in [0.2, 0.25) is 5.02 Å². The van der Waals surface area contributed by atoms with Gasteiger partial charge in [0.15, 0.2) is 0 Å². The van der Waals surface area contributed by atoms with E-state index in [1.165, 1.54) is 0 Å². The summed E-state index contributed by atoms with van der Waals surface area (Å²) in [5, 5.41) is 7.23. The molecular formula is C15H18ClN3O. The summed E-state index contributed by atoms with van der Waals surface area (Å²) in [7, 11) is 1.75. The first kappa shape index (κ1) is 14.8. The largest absolute Gasteiger partial charge is 0.323 e. The number of nitrogens with zero attached hydrogens (tertiary/aromatic N) is 1. The maximum absolute atomic E-state index is 12.3. The summed E-state index contributed by atoms with van der Waals surface area (Å²) in [5.41, 5.74) is 1.75. The predicted octanol–water partition coefficient (Wildman–Crippen LogP) is 3.13. The summed E-state index contributed by atoms with van der Waals surface area (Å²) in [5.74, 6) is -0.143. The lowest BCUT2D eigenvalue weighted by Crippen LogP contribution is -2.47. The Morgan fingerprint density at radius 1 is 1.40 bits per heavy atom. The van der Waals surface area contributed by atoms with Gasteiger partial charge in [-0.05, 0) is 51.6 Å². The summed E-state index contributed by atoms with van der Waals surface area (Å²) in [6, 6.07) is 5.55. The quantitative estimate of drug-likeness (QED) is 0.913. The van der Waals surface area contributed by atoms with E-state index in [1.54, 1.807) is 13.2 Å². The molecule has 0 aliphatic rings. The van der Waals surface area contributed by atoms with Gasteiger partial charge in [-0.15, -0.1) is 0 Å². The number of hydrogen-bond donors (Lipinski definition) is 2. The fourth-order valence-electron chi connectivity index (χ4n) is 1.89. The number of likely N-dealkylation sites (N-methyl/N-ethyl adjacent to an activating group) is 1. The number of fused-ring (bicyclic) bond motifs is 1. The van der Waals surface area contributed by atoms with Gasteiger partial charge >= 0.3 is 0 Å². The van der Waals surface area contributed by atoms with E-state index in [0.29, 0.717) is 10.7 Å². The van der Waals surface area contributed by atoms with Crippen LogP contribution >= 0.6 is 11.6 Å². The zero-order chi connectivity index (χ0) is 14.9. The molecule has 2 N–H and O–H groups in total. The molecule has 0 bridgehead atoms. The Morgan fingerprint density at radius 3 is 2.75 bits per heavy atom. The van der Waals surface area contributed by atoms with E-state index in [1.807, 2.05) is 39.0 Å². The van der Waals surface area contributed by atoms with Crippen LogP contribution in [0.1, 0.15) is 19.4 Å². The number of rotatable bonds is 3. The minimum Gasteiger partial charge on any atom is -0.323 e. The molecule has 0 aliphatic carbocycles. The smallest absolute Gasteiger partial charge is 0.244 e. The zero-order valence-corrected chi connectivity index (χ0v) is 12.8. The van der Waals surface area contributed by atoms with E-state index < -0.39 is 5.54 Å². The van der Waals surface area contributed by atoms with E-state index >= 15 is 0 Å². The summed E-state index contributed by atoms with van der Waals surface area (Å²) >= 11 is 6.28. The van der Waals surface area contributed by atoms with Gasteiger partial charge in [0.1, 0.15) is 0 Å². The van der Waals surface area contributed by atoms with Gasteiger partial charge < -0.3 is 10.6 Å². The lowest BCUT2D eigenvalue weighted by molar-refractivity contribution is -0.121. The highest BCUT2D eigenvalue weighted by atomic mass is 35.5. The third-order valence-corrected chi connectivity index (χ3v) is 3.76. The third-order valence-electron chi connectivity index (χ3n) is 3.46. The molecular weight excluding hydrogens is 274 g/mol. The maximum atomic E-state index is 12.3. The number of carbonyl (C=O) groups is 1. The highest BCUT2D eigenvalue weighted by Crippen LogP contribution is 2.33. The number of aromatic nitrogens is 1. The maximum Gasteiger partial charge on any atom is 0.244 e. The molecule has 0 saturated heterocycles. The van der Waals surface area contributed by atoms with Crippen molar-refractivity contribution in [3.05, 3.63) is 35.0 Å². The van der Waals surface area contributed by atoms with Crippen molar-refractivity contribution < 1.29 is 4.79 Å². The molecule has 0 fully saturated rings. The molecule has 0 unspecified atom stereocenters. The topological polar surface area (TPSA) is 54.0 Å². The molecule has 4 nitrogen and oxygen atoms in total. The molecule has 5 heteroatoms. The number of nitrogens with one attached hydrogen (secondary N) is 2. The molecule has 106 valence electrons. The first-order valence-electron chi connectivity index (χ1n) is 6.41. The molecule has 1 aromatic heterocycles. The van der Waals surface area contributed by atoms with Crippen LogP contribution < -0.4 is 10.6 Å². The summed E-state index contributed by atoms with van der Waals surface area (Å²) in [6.07, 6.45) is 1.73. The van der Waals surface area contributed by atoms with Crippen molar-refractivity contribution in [3.63, 3.8) is 0 Å². The van der Waals surface area contributed by atoms with Gasteiger partial charge in [0.05, 0.1) is 21.8 Å². The van der Waals surface area contributed by atoms with Gasteiger partial charge in [-0.2, -0.15) is 0 Å². The van der Waals surface area contributed by atoms with Crippen LogP contribution in [0.3, 0.4) is 0 Å². The van der Waals surface area contributed by atoms with Gasteiger partial charge in [0.2, 0.25) is 5.91 Å². The summed E-state index contributed by atoms with van der Waals surface area (Å²) in [4.78, 5) is 16.6. The van der Waals surface area contributed by atoms with Gasteiger partial charge in [-0.25, -0.2) is 0 Å². The van der Waals surface area contributed by atoms with Crippen LogP contribution in [0.15, 0.2) is 24.4 Å². The molecule has 1 aromatic carbocycles. The first-order chi connectivity index (χ1) is 9.36. The second-order valence-corrected chi connectivity index (χ2v) is 5.69. The lowest BCUT2D eigenvalue weighted by Gasteiger charge is -2.23. The molecule has 0 spiro atoms. The molecule has 2 aromatic rings. The predicted molar refractivity (Wildman–Crippen MR) is 83.3 cm³/mol. The Morgan fingerprint density at radius 2 is 2.10 bits per heavy atom. The number of benzene rings is 1. The Bertz CT molecular complexity index is 667. The SMILES string of the molecule is CNC(C)(C)C(=O)Nc1c(Cl)cc(C)c2ncccc12. The van der Waals surface area contributed by atoms with Crippen LogP contribution in [0.25, 0.3) is 10.9 Å². The van der Waals surface area contributed by atoms with Crippen LogP contribution in [0.5, 0.6) is 0 Å². The zero-order valence-electron chi connectivity index (χ0n) is 12.0. The average Bonchev–Trinajstić information content (AvgIpc) is 2.43. The fourth-order valence-corrected chi connectivity index (χ4v) is 2.20. The van der Waals surface area contributed by atoms with Crippen LogP contribution in [-0.4, -0.2) is 23.5 Å². The number of amides is 1. The summed E-state index contributed by atoms with van der Waals surface area (Å²) in [6.45, 7) is 5.57. The number of anilines is 1. The van der Waals surface area contributed by atoms with E-state index in [2.05, 4.69) is 15.6 Å². The second-order valence-electron chi connectivity index (χ2n) is 5.28. The van der Waals surface area contributed by atoms with E-state index in [-0.39, 0.29) is 5.91 Å². The van der Waals surface area contributed by atoms with Crippen LogP contribution in [0.4, 0.5) is 5.69 Å². The number of aryl methyl sites for hydroxylation is 1. The molecule has 0 atom stereocenters. The van der Waals surface area contributed by atoms with Gasteiger partial charge in [0.25, 0.3) is 0 Å². The Hall–Kier alpha value is -1.65. The number of pyridine rings is 1. The lowest BCUT2D eigenvalue weighted by atomic mass is 10.0. The Balaban J connectivity index is 2.53. The number of halogens is 1. The summed E-state index contributed by atoms with van der Waals surface area (Å²) < 4.78 is 0. The molecule has 1 heterocycles. The second kappa shape index (κ2) is 5.38. The molecule has 0 aliphatic heterocycles. The van der Waals surface area contributed by atoms with Crippen LogP contribution in [0, 0.1) is 6.92 Å².